The smallest absolute Gasteiger partial charge is 0.344 e. The van der Waals surface area contributed by atoms with Crippen LogP contribution in [0.2, 0.25) is 0 Å². The van der Waals surface area contributed by atoms with E-state index in [4.69, 9.17) is 15.2 Å². The zero-order chi connectivity index (χ0) is 19.6. The van der Waals surface area contributed by atoms with Gasteiger partial charge in [0.1, 0.15) is 11.6 Å². The molecule has 2 aromatic rings. The maximum atomic E-state index is 13.4. The number of para-hydroxylation sites is 1. The van der Waals surface area contributed by atoms with Crippen molar-refractivity contribution in [3.63, 3.8) is 0 Å². The van der Waals surface area contributed by atoms with Crippen molar-refractivity contribution in [3.05, 3.63) is 65.5 Å². The molecule has 0 saturated carbocycles. The fraction of sp³-hybridized carbons (Fsp3) is 0.211. The van der Waals surface area contributed by atoms with Crippen LogP contribution in [-0.2, 0) is 20.7 Å². The molecule has 3 N–H and O–H groups in total. The normalized spacial score (nSPS) is 10.1. The van der Waals surface area contributed by atoms with Crippen molar-refractivity contribution < 1.29 is 28.2 Å². The Balaban J connectivity index is 1.69. The lowest BCUT2D eigenvalue weighted by Crippen LogP contribution is -2.31. The number of halogens is 1. The zero-order valence-electron chi connectivity index (χ0n) is 14.4. The van der Waals surface area contributed by atoms with Crippen molar-refractivity contribution in [3.8, 4) is 5.75 Å². The van der Waals surface area contributed by atoms with E-state index in [1.54, 1.807) is 30.3 Å². The van der Waals surface area contributed by atoms with Gasteiger partial charge >= 0.3 is 5.97 Å². The highest BCUT2D eigenvalue weighted by molar-refractivity contribution is 5.95. The Morgan fingerprint density at radius 3 is 2.44 bits per heavy atom. The molecule has 0 aromatic heterocycles. The first-order valence-corrected chi connectivity index (χ1v) is 8.14. The first-order chi connectivity index (χ1) is 13.0. The van der Waals surface area contributed by atoms with Gasteiger partial charge in [-0.2, -0.15) is 0 Å². The van der Waals surface area contributed by atoms with E-state index in [1.165, 1.54) is 18.2 Å². The summed E-state index contributed by atoms with van der Waals surface area (Å²) in [6.45, 7) is -0.760. The number of primary amides is 1. The molecule has 8 heteroatoms. The molecule has 0 bridgehead atoms. The summed E-state index contributed by atoms with van der Waals surface area (Å²) >= 11 is 0. The van der Waals surface area contributed by atoms with Crippen molar-refractivity contribution >= 4 is 17.8 Å². The number of esters is 1. The molecule has 0 spiro atoms. The lowest BCUT2D eigenvalue weighted by molar-refractivity contribution is -0.150. The standard InChI is InChI=1S/C19H19FN2O5/c20-15-7-3-1-5-13(15)9-10-22-17(23)11-27-18(24)12-26-16-8-4-2-6-14(16)19(21)25/h1-8H,9-12H2,(H2,21,25)(H,22,23). The number of benzene rings is 2. The van der Waals surface area contributed by atoms with Crippen LogP contribution in [0.5, 0.6) is 5.75 Å². The Morgan fingerprint density at radius 2 is 1.70 bits per heavy atom. The molecule has 142 valence electrons. The molecule has 7 nitrogen and oxygen atoms in total. The van der Waals surface area contributed by atoms with Crippen molar-refractivity contribution in [1.29, 1.82) is 0 Å². The molecule has 27 heavy (non-hydrogen) atoms. The molecular weight excluding hydrogens is 355 g/mol. The van der Waals surface area contributed by atoms with E-state index < -0.39 is 31.0 Å². The average molecular weight is 374 g/mol. The van der Waals surface area contributed by atoms with Crippen molar-refractivity contribution in [2.24, 2.45) is 5.73 Å². The number of rotatable bonds is 9. The Labute approximate surface area is 155 Å². The van der Waals surface area contributed by atoms with Crippen LogP contribution < -0.4 is 15.8 Å². The van der Waals surface area contributed by atoms with Gasteiger partial charge in [-0.3, -0.25) is 9.59 Å². The third-order valence-corrected chi connectivity index (χ3v) is 3.54. The predicted molar refractivity (Wildman–Crippen MR) is 94.5 cm³/mol. The Bertz CT molecular complexity index is 825. The van der Waals surface area contributed by atoms with Gasteiger partial charge in [0.2, 0.25) is 0 Å². The van der Waals surface area contributed by atoms with Gasteiger partial charge in [0.25, 0.3) is 11.8 Å². The molecule has 2 aromatic carbocycles. The number of nitrogens with one attached hydrogen (secondary N) is 1. The number of nitrogens with two attached hydrogens (primary N) is 1. The van der Waals surface area contributed by atoms with Gasteiger partial charge in [-0.25, -0.2) is 9.18 Å². The second-order valence-corrected chi connectivity index (χ2v) is 5.50. The topological polar surface area (TPSA) is 108 Å². The lowest BCUT2D eigenvalue weighted by Gasteiger charge is -2.10. The van der Waals surface area contributed by atoms with Gasteiger partial charge in [-0.05, 0) is 30.2 Å². The first kappa shape index (κ1) is 19.9. The summed E-state index contributed by atoms with van der Waals surface area (Å²) in [6, 6.07) is 12.4. The minimum Gasteiger partial charge on any atom is -0.481 e. The van der Waals surface area contributed by atoms with Crippen molar-refractivity contribution in [2.75, 3.05) is 19.8 Å². The molecule has 0 atom stereocenters. The number of hydrogen-bond donors (Lipinski definition) is 2. The van der Waals surface area contributed by atoms with E-state index in [1.807, 2.05) is 0 Å². The number of carbonyl (C=O) groups excluding carboxylic acids is 3. The number of carbonyl (C=O) groups is 3. The maximum Gasteiger partial charge on any atom is 0.344 e. The van der Waals surface area contributed by atoms with Crippen molar-refractivity contribution in [1.82, 2.24) is 5.32 Å². The molecule has 0 fully saturated rings. The average Bonchev–Trinajstić information content (AvgIpc) is 2.66. The van der Waals surface area contributed by atoms with Crippen LogP contribution >= 0.6 is 0 Å². The fourth-order valence-electron chi connectivity index (χ4n) is 2.21. The molecule has 0 radical (unpaired) electrons. The Kier molecular flexibility index (Phi) is 7.30. The molecule has 0 aliphatic rings. The predicted octanol–water partition coefficient (Wildman–Crippen LogP) is 1.21. The van der Waals surface area contributed by atoms with Crippen LogP contribution in [0.1, 0.15) is 15.9 Å². The van der Waals surface area contributed by atoms with Crippen LogP contribution in [0.25, 0.3) is 0 Å². The highest BCUT2D eigenvalue weighted by Gasteiger charge is 2.12. The second-order valence-electron chi connectivity index (χ2n) is 5.50. The van der Waals surface area contributed by atoms with Crippen LogP contribution in [-0.4, -0.2) is 37.5 Å². The van der Waals surface area contributed by atoms with E-state index in [-0.39, 0.29) is 23.7 Å². The molecule has 2 rings (SSSR count). The Hall–Kier alpha value is -3.42. The highest BCUT2D eigenvalue weighted by atomic mass is 19.1. The third-order valence-electron chi connectivity index (χ3n) is 3.54. The summed E-state index contributed by atoms with van der Waals surface area (Å²) in [5.74, 6) is -2.17. The third kappa shape index (κ3) is 6.43. The fourth-order valence-corrected chi connectivity index (χ4v) is 2.21. The number of amides is 2. The van der Waals surface area contributed by atoms with Crippen LogP contribution in [0.4, 0.5) is 4.39 Å². The quantitative estimate of drug-likeness (QED) is 0.642. The molecule has 2 amide bonds. The van der Waals surface area contributed by atoms with Gasteiger partial charge in [-0.1, -0.05) is 30.3 Å². The Morgan fingerprint density at radius 1 is 1.00 bits per heavy atom. The van der Waals surface area contributed by atoms with E-state index in [2.05, 4.69) is 5.32 Å². The van der Waals surface area contributed by atoms with E-state index in [9.17, 15) is 18.8 Å². The van der Waals surface area contributed by atoms with Gasteiger partial charge in [0.05, 0.1) is 5.56 Å². The largest absolute Gasteiger partial charge is 0.481 e. The van der Waals surface area contributed by atoms with Crippen LogP contribution in [0.3, 0.4) is 0 Å². The van der Waals surface area contributed by atoms with Gasteiger partial charge in [0.15, 0.2) is 13.2 Å². The van der Waals surface area contributed by atoms with Crippen molar-refractivity contribution in [2.45, 2.75) is 6.42 Å². The summed E-state index contributed by atoms with van der Waals surface area (Å²) in [7, 11) is 0. The summed E-state index contributed by atoms with van der Waals surface area (Å²) in [5, 5.41) is 2.53. The molecule has 0 aliphatic heterocycles. The van der Waals surface area contributed by atoms with Crippen LogP contribution in [0, 0.1) is 5.82 Å². The summed E-state index contributed by atoms with van der Waals surface area (Å²) in [4.78, 5) is 34.6. The van der Waals surface area contributed by atoms with Crippen LogP contribution in [0.15, 0.2) is 48.5 Å². The van der Waals surface area contributed by atoms with E-state index >= 15 is 0 Å². The van der Waals surface area contributed by atoms with E-state index in [0.29, 0.717) is 12.0 Å². The summed E-state index contributed by atoms with van der Waals surface area (Å²) in [5.41, 5.74) is 5.82. The number of ether oxygens (including phenoxy) is 2. The molecular formula is C19H19FN2O5. The molecule has 0 aliphatic carbocycles. The second kappa shape index (κ2) is 9.91. The summed E-state index contributed by atoms with van der Waals surface area (Å²) in [6.07, 6.45) is 0.319. The molecule has 0 unspecified atom stereocenters. The minimum absolute atomic E-state index is 0.135. The van der Waals surface area contributed by atoms with Gasteiger partial charge < -0.3 is 20.5 Å². The maximum absolute atomic E-state index is 13.4. The highest BCUT2D eigenvalue weighted by Crippen LogP contribution is 2.16. The van der Waals surface area contributed by atoms with E-state index in [0.717, 1.165) is 0 Å². The lowest BCUT2D eigenvalue weighted by atomic mass is 10.1. The first-order valence-electron chi connectivity index (χ1n) is 8.14. The molecule has 0 heterocycles. The minimum atomic E-state index is -0.779. The van der Waals surface area contributed by atoms with Gasteiger partial charge in [-0.15, -0.1) is 0 Å². The number of hydrogen-bond acceptors (Lipinski definition) is 5. The monoisotopic (exact) mass is 374 g/mol. The zero-order valence-corrected chi connectivity index (χ0v) is 14.4. The SMILES string of the molecule is NC(=O)c1ccccc1OCC(=O)OCC(=O)NCCc1ccccc1F. The molecule has 0 saturated heterocycles. The summed E-state index contributed by atoms with van der Waals surface area (Å²) < 4.78 is 23.4. The van der Waals surface area contributed by atoms with Gasteiger partial charge in [0, 0.05) is 6.54 Å².